The number of hydrogen-bond acceptors (Lipinski definition) is 4. The molecule has 0 spiro atoms. The molecule has 3 aromatic rings. The summed E-state index contributed by atoms with van der Waals surface area (Å²) in [5.41, 5.74) is 3.34. The van der Waals surface area contributed by atoms with Crippen molar-refractivity contribution in [2.45, 2.75) is 45.3 Å². The monoisotopic (exact) mass is 387 g/mol. The van der Waals surface area contributed by atoms with Crippen molar-refractivity contribution in [1.29, 1.82) is 0 Å². The standard InChI is InChI=1S/C24H25N3O2/c1-17(4-5-19-6-8-20(9-7-19)21-10-11-21)27-18(2)14-22(15-24(27)28)29-16-23-25-12-3-13-26-23/h3-9,12-15,17,21H,10-11,16H2,1-2H3/b5-4+/t17-/m1/s1. The second kappa shape index (κ2) is 8.43. The topological polar surface area (TPSA) is 57.0 Å². The normalized spacial score (nSPS) is 14.8. The van der Waals surface area contributed by atoms with E-state index in [0.717, 1.165) is 17.2 Å². The van der Waals surface area contributed by atoms with Crippen LogP contribution in [-0.4, -0.2) is 14.5 Å². The minimum atomic E-state index is -0.0878. The lowest BCUT2D eigenvalue weighted by molar-refractivity contribution is 0.294. The second-order valence-electron chi connectivity index (χ2n) is 7.54. The molecule has 0 bridgehead atoms. The van der Waals surface area contributed by atoms with Crippen LogP contribution in [0.3, 0.4) is 0 Å². The Morgan fingerprint density at radius 2 is 1.90 bits per heavy atom. The first-order valence-electron chi connectivity index (χ1n) is 10.0. The minimum Gasteiger partial charge on any atom is -0.485 e. The quantitative estimate of drug-likeness (QED) is 0.591. The molecule has 2 aromatic heterocycles. The van der Waals surface area contributed by atoms with E-state index in [1.54, 1.807) is 23.0 Å². The van der Waals surface area contributed by atoms with Gasteiger partial charge < -0.3 is 9.30 Å². The maximum atomic E-state index is 12.7. The second-order valence-corrected chi connectivity index (χ2v) is 7.54. The van der Waals surface area contributed by atoms with Crippen LogP contribution in [0.2, 0.25) is 0 Å². The van der Waals surface area contributed by atoms with Crippen LogP contribution in [0.15, 0.2) is 65.7 Å². The molecule has 0 radical (unpaired) electrons. The van der Waals surface area contributed by atoms with Gasteiger partial charge in [-0.15, -0.1) is 0 Å². The van der Waals surface area contributed by atoms with Crippen LogP contribution < -0.4 is 10.3 Å². The highest BCUT2D eigenvalue weighted by Gasteiger charge is 2.22. The SMILES string of the molecule is Cc1cc(OCc2ncccn2)cc(=O)n1[C@H](C)/C=C/c1ccc(C2CC2)cc1. The zero-order valence-corrected chi connectivity index (χ0v) is 16.8. The predicted molar refractivity (Wildman–Crippen MR) is 114 cm³/mol. The van der Waals surface area contributed by atoms with E-state index in [4.69, 9.17) is 4.74 Å². The summed E-state index contributed by atoms with van der Waals surface area (Å²) >= 11 is 0. The molecule has 5 heteroatoms. The number of rotatable bonds is 7. The van der Waals surface area contributed by atoms with Crippen molar-refractivity contribution < 1.29 is 4.74 Å². The van der Waals surface area contributed by atoms with E-state index in [0.29, 0.717) is 11.6 Å². The molecule has 0 saturated heterocycles. The van der Waals surface area contributed by atoms with E-state index in [1.165, 1.54) is 24.5 Å². The number of benzene rings is 1. The average Bonchev–Trinajstić information content (AvgIpc) is 3.57. The highest BCUT2D eigenvalue weighted by atomic mass is 16.5. The molecule has 1 atom stereocenters. The van der Waals surface area contributed by atoms with Gasteiger partial charge in [-0.3, -0.25) is 4.79 Å². The van der Waals surface area contributed by atoms with Crippen molar-refractivity contribution in [3.8, 4) is 5.75 Å². The van der Waals surface area contributed by atoms with Crippen LogP contribution in [0.4, 0.5) is 0 Å². The number of ether oxygens (including phenoxy) is 1. The van der Waals surface area contributed by atoms with Crippen LogP contribution >= 0.6 is 0 Å². The van der Waals surface area contributed by atoms with E-state index < -0.39 is 0 Å². The Bertz CT molecular complexity index is 1050. The zero-order valence-electron chi connectivity index (χ0n) is 16.8. The fourth-order valence-corrected chi connectivity index (χ4v) is 3.47. The highest BCUT2D eigenvalue weighted by Crippen LogP contribution is 2.39. The largest absolute Gasteiger partial charge is 0.485 e. The van der Waals surface area contributed by atoms with Gasteiger partial charge in [0.1, 0.15) is 12.4 Å². The van der Waals surface area contributed by atoms with Gasteiger partial charge in [0.15, 0.2) is 5.82 Å². The molecular weight excluding hydrogens is 362 g/mol. The molecule has 5 nitrogen and oxygen atoms in total. The molecule has 0 unspecified atom stereocenters. The number of allylic oxidation sites excluding steroid dienone is 1. The van der Waals surface area contributed by atoms with E-state index in [-0.39, 0.29) is 18.2 Å². The molecule has 2 heterocycles. The number of hydrogen-bond donors (Lipinski definition) is 0. The first-order chi connectivity index (χ1) is 14.1. The van der Waals surface area contributed by atoms with Crippen molar-refractivity contribution in [2.75, 3.05) is 0 Å². The highest BCUT2D eigenvalue weighted by molar-refractivity contribution is 5.50. The van der Waals surface area contributed by atoms with Crippen molar-refractivity contribution in [2.24, 2.45) is 0 Å². The fourth-order valence-electron chi connectivity index (χ4n) is 3.47. The van der Waals surface area contributed by atoms with E-state index in [1.807, 2.05) is 19.9 Å². The molecule has 0 aliphatic heterocycles. The molecule has 0 N–H and O–H groups in total. The Balaban J connectivity index is 1.44. The lowest BCUT2D eigenvalue weighted by atomic mass is 10.1. The van der Waals surface area contributed by atoms with Gasteiger partial charge in [0.25, 0.3) is 5.56 Å². The van der Waals surface area contributed by atoms with Gasteiger partial charge in [0.2, 0.25) is 0 Å². The molecule has 1 fully saturated rings. The lowest BCUT2D eigenvalue weighted by Crippen LogP contribution is -2.24. The van der Waals surface area contributed by atoms with Crippen LogP contribution in [0.25, 0.3) is 6.08 Å². The number of pyridine rings is 1. The molecule has 1 aromatic carbocycles. The van der Waals surface area contributed by atoms with Crippen LogP contribution in [0, 0.1) is 6.92 Å². The van der Waals surface area contributed by atoms with Gasteiger partial charge in [-0.1, -0.05) is 36.4 Å². The Kier molecular flexibility index (Phi) is 5.56. The Labute approximate surface area is 170 Å². The summed E-state index contributed by atoms with van der Waals surface area (Å²) in [7, 11) is 0. The maximum Gasteiger partial charge on any atom is 0.254 e. The third kappa shape index (κ3) is 4.80. The summed E-state index contributed by atoms with van der Waals surface area (Å²) in [5.74, 6) is 1.88. The van der Waals surface area contributed by atoms with Gasteiger partial charge in [0, 0.05) is 24.2 Å². The summed E-state index contributed by atoms with van der Waals surface area (Å²) in [5, 5.41) is 0. The molecule has 148 valence electrons. The molecule has 4 rings (SSSR count). The minimum absolute atomic E-state index is 0.0582. The Morgan fingerprint density at radius 1 is 1.17 bits per heavy atom. The molecule has 1 aliphatic carbocycles. The van der Waals surface area contributed by atoms with Crippen LogP contribution in [0.1, 0.15) is 54.4 Å². The summed E-state index contributed by atoms with van der Waals surface area (Å²) in [4.78, 5) is 20.9. The third-order valence-electron chi connectivity index (χ3n) is 5.18. The van der Waals surface area contributed by atoms with E-state index >= 15 is 0 Å². The van der Waals surface area contributed by atoms with Gasteiger partial charge in [-0.05, 0) is 55.9 Å². The summed E-state index contributed by atoms with van der Waals surface area (Å²) in [6.07, 6.45) is 10.1. The number of aryl methyl sites for hydroxylation is 1. The van der Waals surface area contributed by atoms with Crippen molar-refractivity contribution >= 4 is 6.08 Å². The summed E-state index contributed by atoms with van der Waals surface area (Å²) in [6, 6.07) is 13.8. The Morgan fingerprint density at radius 3 is 2.55 bits per heavy atom. The van der Waals surface area contributed by atoms with Crippen molar-refractivity contribution in [3.05, 3.63) is 93.9 Å². The molecule has 1 saturated carbocycles. The molecule has 29 heavy (non-hydrogen) atoms. The first-order valence-corrected chi connectivity index (χ1v) is 10.0. The van der Waals surface area contributed by atoms with E-state index in [2.05, 4.69) is 46.4 Å². The summed E-state index contributed by atoms with van der Waals surface area (Å²) in [6.45, 7) is 4.17. The molecular formula is C24H25N3O2. The number of nitrogens with zero attached hydrogens (tertiary/aromatic N) is 3. The van der Waals surface area contributed by atoms with Gasteiger partial charge in [-0.2, -0.15) is 0 Å². The van der Waals surface area contributed by atoms with Gasteiger partial charge in [0.05, 0.1) is 6.04 Å². The Hall–Kier alpha value is -3.21. The third-order valence-corrected chi connectivity index (χ3v) is 5.18. The smallest absolute Gasteiger partial charge is 0.254 e. The van der Waals surface area contributed by atoms with Gasteiger partial charge in [-0.25, -0.2) is 9.97 Å². The van der Waals surface area contributed by atoms with E-state index in [9.17, 15) is 4.79 Å². The van der Waals surface area contributed by atoms with Crippen molar-refractivity contribution in [3.63, 3.8) is 0 Å². The predicted octanol–water partition coefficient (Wildman–Crippen LogP) is 4.68. The zero-order chi connectivity index (χ0) is 20.2. The first kappa shape index (κ1) is 19.1. The van der Waals surface area contributed by atoms with Crippen LogP contribution in [0.5, 0.6) is 5.75 Å². The van der Waals surface area contributed by atoms with Gasteiger partial charge >= 0.3 is 0 Å². The maximum absolute atomic E-state index is 12.7. The average molecular weight is 387 g/mol. The number of aromatic nitrogens is 3. The lowest BCUT2D eigenvalue weighted by Gasteiger charge is -2.16. The fraction of sp³-hybridized carbons (Fsp3) is 0.292. The molecule has 1 aliphatic rings. The summed E-state index contributed by atoms with van der Waals surface area (Å²) < 4.78 is 7.46. The molecule has 0 amide bonds. The van der Waals surface area contributed by atoms with Crippen molar-refractivity contribution in [1.82, 2.24) is 14.5 Å². The van der Waals surface area contributed by atoms with Crippen LogP contribution in [-0.2, 0) is 6.61 Å².